The highest BCUT2D eigenvalue weighted by Crippen LogP contribution is 2.29. The highest BCUT2D eigenvalue weighted by atomic mass is 16.2. The first-order valence-electron chi connectivity index (χ1n) is 8.09. The average molecular weight is 315 g/mol. The van der Waals surface area contributed by atoms with Gasteiger partial charge in [-0.05, 0) is 24.5 Å². The minimum absolute atomic E-state index is 0.0411. The van der Waals surface area contributed by atoms with Crippen LogP contribution in [0.4, 0.5) is 5.69 Å². The van der Waals surface area contributed by atoms with Gasteiger partial charge in [-0.1, -0.05) is 24.6 Å². The number of likely N-dealkylation sites (tertiary alicyclic amines) is 1. The molecule has 122 valence electrons. The smallest absolute Gasteiger partial charge is 0.240 e. The van der Waals surface area contributed by atoms with Gasteiger partial charge in [0.25, 0.3) is 0 Å². The first-order chi connectivity index (χ1) is 11.1. The number of nitrogens with zero attached hydrogens (tertiary/aromatic N) is 1. The summed E-state index contributed by atoms with van der Waals surface area (Å²) in [5.41, 5.74) is 1.64. The van der Waals surface area contributed by atoms with Crippen molar-refractivity contribution in [3.8, 4) is 0 Å². The van der Waals surface area contributed by atoms with Crippen LogP contribution in [0.2, 0.25) is 0 Å². The van der Waals surface area contributed by atoms with Crippen LogP contribution in [0.25, 0.3) is 0 Å². The van der Waals surface area contributed by atoms with Gasteiger partial charge in [-0.15, -0.1) is 0 Å². The monoisotopic (exact) mass is 315 g/mol. The van der Waals surface area contributed by atoms with Gasteiger partial charge in [-0.25, -0.2) is 0 Å². The van der Waals surface area contributed by atoms with Crippen molar-refractivity contribution in [3.63, 3.8) is 0 Å². The van der Waals surface area contributed by atoms with Gasteiger partial charge in [0.15, 0.2) is 0 Å². The molecule has 1 saturated heterocycles. The van der Waals surface area contributed by atoms with Gasteiger partial charge in [0, 0.05) is 18.7 Å². The van der Waals surface area contributed by atoms with E-state index in [2.05, 4.69) is 10.6 Å². The SMILES string of the molecule is O=C1C[C@@H](NC(=O)CN2CCCCCC2=O)c2ccccc2N1. The Labute approximate surface area is 135 Å². The zero-order valence-electron chi connectivity index (χ0n) is 13.0. The van der Waals surface area contributed by atoms with E-state index in [-0.39, 0.29) is 36.7 Å². The third kappa shape index (κ3) is 3.70. The topological polar surface area (TPSA) is 78.5 Å². The van der Waals surface area contributed by atoms with Gasteiger partial charge in [0.05, 0.1) is 19.0 Å². The molecule has 2 aliphatic rings. The minimum atomic E-state index is -0.338. The van der Waals surface area contributed by atoms with Crippen molar-refractivity contribution in [1.29, 1.82) is 0 Å². The summed E-state index contributed by atoms with van der Waals surface area (Å²) in [6, 6.07) is 7.11. The van der Waals surface area contributed by atoms with Gasteiger partial charge in [0.1, 0.15) is 0 Å². The molecule has 1 fully saturated rings. The van der Waals surface area contributed by atoms with Crippen LogP contribution < -0.4 is 10.6 Å². The molecule has 1 aromatic carbocycles. The van der Waals surface area contributed by atoms with Crippen molar-refractivity contribution in [2.45, 2.75) is 38.1 Å². The Morgan fingerprint density at radius 1 is 1.22 bits per heavy atom. The third-order valence-electron chi connectivity index (χ3n) is 4.34. The number of hydrogen-bond donors (Lipinski definition) is 2. The average Bonchev–Trinajstić information content (AvgIpc) is 2.72. The van der Waals surface area contributed by atoms with Gasteiger partial charge >= 0.3 is 0 Å². The molecular formula is C17H21N3O3. The second kappa shape index (κ2) is 6.81. The molecule has 0 aliphatic carbocycles. The Kier molecular flexibility index (Phi) is 4.60. The van der Waals surface area contributed by atoms with Crippen molar-refractivity contribution < 1.29 is 14.4 Å². The normalized spacial score (nSPS) is 21.2. The lowest BCUT2D eigenvalue weighted by Gasteiger charge is -2.27. The Bertz CT molecular complexity index is 629. The van der Waals surface area contributed by atoms with Crippen LogP contribution in [0.15, 0.2) is 24.3 Å². The Morgan fingerprint density at radius 3 is 2.91 bits per heavy atom. The first kappa shape index (κ1) is 15.5. The summed E-state index contributed by atoms with van der Waals surface area (Å²) >= 11 is 0. The fourth-order valence-corrected chi connectivity index (χ4v) is 3.16. The number of benzene rings is 1. The molecule has 6 heteroatoms. The second-order valence-corrected chi connectivity index (χ2v) is 6.09. The molecule has 6 nitrogen and oxygen atoms in total. The van der Waals surface area contributed by atoms with Crippen LogP contribution in [-0.2, 0) is 14.4 Å². The molecule has 0 saturated carbocycles. The molecule has 2 N–H and O–H groups in total. The number of nitrogens with one attached hydrogen (secondary N) is 2. The molecule has 0 aromatic heterocycles. The lowest BCUT2D eigenvalue weighted by molar-refractivity contribution is -0.136. The molecule has 1 atom stereocenters. The van der Waals surface area contributed by atoms with Crippen molar-refractivity contribution in [2.24, 2.45) is 0 Å². The quantitative estimate of drug-likeness (QED) is 0.889. The van der Waals surface area contributed by atoms with E-state index in [0.717, 1.165) is 30.5 Å². The molecule has 3 amide bonds. The summed E-state index contributed by atoms with van der Waals surface area (Å²) in [5, 5.41) is 5.71. The van der Waals surface area contributed by atoms with E-state index in [4.69, 9.17) is 0 Å². The molecular weight excluding hydrogens is 294 g/mol. The summed E-state index contributed by atoms with van der Waals surface area (Å²) in [4.78, 5) is 37.7. The summed E-state index contributed by atoms with van der Waals surface area (Å²) in [5.74, 6) is -0.283. The predicted octanol–water partition coefficient (Wildman–Crippen LogP) is 1.59. The molecule has 2 heterocycles. The zero-order chi connectivity index (χ0) is 16.2. The Balaban J connectivity index is 1.66. The van der Waals surface area contributed by atoms with Gasteiger partial charge in [-0.2, -0.15) is 0 Å². The van der Waals surface area contributed by atoms with E-state index in [1.54, 1.807) is 4.90 Å². The van der Waals surface area contributed by atoms with Crippen LogP contribution in [0, 0.1) is 0 Å². The van der Waals surface area contributed by atoms with E-state index in [9.17, 15) is 14.4 Å². The number of fused-ring (bicyclic) bond motifs is 1. The predicted molar refractivity (Wildman–Crippen MR) is 85.6 cm³/mol. The first-order valence-corrected chi connectivity index (χ1v) is 8.09. The maximum atomic E-state index is 12.3. The Hall–Kier alpha value is -2.37. The maximum absolute atomic E-state index is 12.3. The molecule has 0 unspecified atom stereocenters. The number of hydrogen-bond acceptors (Lipinski definition) is 3. The van der Waals surface area contributed by atoms with Crippen LogP contribution in [0.1, 0.15) is 43.7 Å². The van der Waals surface area contributed by atoms with Crippen molar-refractivity contribution in [1.82, 2.24) is 10.2 Å². The highest BCUT2D eigenvalue weighted by Gasteiger charge is 2.27. The standard InChI is InChI=1S/C17H21N3O3/c21-15-10-14(12-6-3-4-7-13(12)18-15)19-16(22)11-20-9-5-1-2-8-17(20)23/h3-4,6-7,14H,1-2,5,8-11H2,(H,18,21)(H,19,22)/t14-/m1/s1. The number of anilines is 1. The number of rotatable bonds is 3. The van der Waals surface area contributed by atoms with Crippen molar-refractivity contribution in [2.75, 3.05) is 18.4 Å². The summed E-state index contributed by atoms with van der Waals surface area (Å²) in [6.45, 7) is 0.702. The van der Waals surface area contributed by atoms with Crippen molar-refractivity contribution >= 4 is 23.4 Å². The van der Waals surface area contributed by atoms with Crippen LogP contribution in [0.5, 0.6) is 0 Å². The third-order valence-corrected chi connectivity index (χ3v) is 4.34. The molecule has 2 aliphatic heterocycles. The maximum Gasteiger partial charge on any atom is 0.240 e. The highest BCUT2D eigenvalue weighted by molar-refractivity contribution is 5.95. The van der Waals surface area contributed by atoms with Crippen molar-refractivity contribution in [3.05, 3.63) is 29.8 Å². The molecule has 1 aromatic rings. The van der Waals surface area contributed by atoms with E-state index >= 15 is 0 Å². The number of para-hydroxylation sites is 1. The molecule has 3 rings (SSSR count). The lowest BCUT2D eigenvalue weighted by atomic mass is 9.97. The molecule has 0 spiro atoms. The van der Waals surface area contributed by atoms with Gasteiger partial charge < -0.3 is 15.5 Å². The van der Waals surface area contributed by atoms with Crippen LogP contribution in [-0.4, -0.2) is 35.7 Å². The lowest BCUT2D eigenvalue weighted by Crippen LogP contribution is -2.43. The van der Waals surface area contributed by atoms with Gasteiger partial charge in [-0.3, -0.25) is 14.4 Å². The van der Waals surface area contributed by atoms with Gasteiger partial charge in [0.2, 0.25) is 17.7 Å². The number of amides is 3. The van der Waals surface area contributed by atoms with E-state index in [1.165, 1.54) is 0 Å². The molecule has 23 heavy (non-hydrogen) atoms. The van der Waals surface area contributed by atoms with Crippen LogP contribution >= 0.6 is 0 Å². The molecule has 0 bridgehead atoms. The number of carbonyl (C=O) groups excluding carboxylic acids is 3. The largest absolute Gasteiger partial charge is 0.347 e. The summed E-state index contributed by atoms with van der Waals surface area (Å²) in [6.07, 6.45) is 3.60. The second-order valence-electron chi connectivity index (χ2n) is 6.09. The molecule has 0 radical (unpaired) electrons. The summed E-state index contributed by atoms with van der Waals surface area (Å²) < 4.78 is 0. The van der Waals surface area contributed by atoms with E-state index in [1.807, 2.05) is 24.3 Å². The minimum Gasteiger partial charge on any atom is -0.347 e. The number of carbonyl (C=O) groups is 3. The zero-order valence-corrected chi connectivity index (χ0v) is 13.0. The van der Waals surface area contributed by atoms with E-state index < -0.39 is 0 Å². The summed E-state index contributed by atoms with van der Waals surface area (Å²) in [7, 11) is 0. The van der Waals surface area contributed by atoms with Crippen LogP contribution in [0.3, 0.4) is 0 Å². The fraction of sp³-hybridized carbons (Fsp3) is 0.471. The fourth-order valence-electron chi connectivity index (χ4n) is 3.16. The van der Waals surface area contributed by atoms with E-state index in [0.29, 0.717) is 13.0 Å². The Morgan fingerprint density at radius 2 is 2.04 bits per heavy atom.